The molecule has 1 aliphatic rings. The van der Waals surface area contributed by atoms with Crippen LogP contribution in [0.15, 0.2) is 42.7 Å². The van der Waals surface area contributed by atoms with Gasteiger partial charge in [0.1, 0.15) is 17.7 Å². The lowest BCUT2D eigenvalue weighted by molar-refractivity contribution is -0.170. The quantitative estimate of drug-likeness (QED) is 0.355. The number of rotatable bonds is 8. The van der Waals surface area contributed by atoms with Gasteiger partial charge in [0.05, 0.1) is 12.1 Å². The molecule has 1 aromatic carbocycles. The van der Waals surface area contributed by atoms with E-state index in [1.807, 2.05) is 0 Å². The van der Waals surface area contributed by atoms with E-state index >= 15 is 0 Å². The Morgan fingerprint density at radius 2 is 1.82 bits per heavy atom. The van der Waals surface area contributed by atoms with Crippen molar-refractivity contribution < 1.29 is 27.6 Å². The van der Waals surface area contributed by atoms with Gasteiger partial charge in [-0.2, -0.15) is 5.10 Å². The first kappa shape index (κ1) is 26.8. The smallest absolute Gasteiger partial charge is 0.252 e. The number of nitrogens with two attached hydrogens (primary N) is 1. The summed E-state index contributed by atoms with van der Waals surface area (Å²) < 4.78 is 42.6. The second-order valence-corrected chi connectivity index (χ2v) is 9.26. The van der Waals surface area contributed by atoms with E-state index in [0.717, 1.165) is 17.0 Å². The molecule has 3 heterocycles. The first-order valence-corrected chi connectivity index (χ1v) is 12.0. The number of carbonyl (C=O) groups is 3. The molecule has 200 valence electrons. The second kappa shape index (κ2) is 10.6. The monoisotopic (exact) mass is 528 g/mol. The highest BCUT2D eigenvalue weighted by Crippen LogP contribution is 2.35. The maximum Gasteiger partial charge on any atom is 0.252 e. The molecule has 0 unspecified atom stereocenters. The molecule has 2 aromatic heterocycles. The average Bonchev–Trinajstić information content (AvgIpc) is 3.31. The largest absolute Gasteiger partial charge is 0.384 e. The lowest BCUT2D eigenvalue weighted by Crippen LogP contribution is -2.69. The van der Waals surface area contributed by atoms with Gasteiger partial charge in [-0.25, -0.2) is 18.2 Å². The van der Waals surface area contributed by atoms with Crippen LogP contribution in [-0.4, -0.2) is 50.5 Å². The van der Waals surface area contributed by atoms with Crippen molar-refractivity contribution >= 4 is 29.4 Å². The summed E-state index contributed by atoms with van der Waals surface area (Å²) in [6.45, 7) is 1.70. The first-order valence-electron chi connectivity index (χ1n) is 12.0. The van der Waals surface area contributed by atoms with Gasteiger partial charge < -0.3 is 5.73 Å². The molecule has 9 nitrogen and oxygen atoms in total. The summed E-state index contributed by atoms with van der Waals surface area (Å²) in [4.78, 5) is 46.4. The fraction of sp³-hybridized carbons (Fsp3) is 0.346. The Morgan fingerprint density at radius 3 is 2.39 bits per heavy atom. The zero-order valence-corrected chi connectivity index (χ0v) is 21.1. The molecule has 38 heavy (non-hydrogen) atoms. The molecule has 1 aliphatic heterocycles. The minimum Gasteiger partial charge on any atom is -0.384 e. The molecule has 3 amide bonds. The number of halogens is 3. The Morgan fingerprint density at radius 1 is 1.13 bits per heavy atom. The van der Waals surface area contributed by atoms with Crippen molar-refractivity contribution in [2.45, 2.75) is 38.1 Å². The highest BCUT2D eigenvalue weighted by Gasteiger charge is 2.55. The summed E-state index contributed by atoms with van der Waals surface area (Å²) in [7, 11) is 3.17. The van der Waals surface area contributed by atoms with Crippen molar-refractivity contribution in [3.05, 3.63) is 71.3 Å². The number of aromatic nitrogens is 3. The van der Waals surface area contributed by atoms with E-state index in [2.05, 4.69) is 10.1 Å². The van der Waals surface area contributed by atoms with Gasteiger partial charge in [-0.3, -0.25) is 28.9 Å². The van der Waals surface area contributed by atoms with Gasteiger partial charge >= 0.3 is 0 Å². The van der Waals surface area contributed by atoms with Crippen LogP contribution >= 0.6 is 0 Å². The van der Waals surface area contributed by atoms with Crippen LogP contribution in [0.2, 0.25) is 0 Å². The molecule has 3 atom stereocenters. The van der Waals surface area contributed by atoms with E-state index in [1.165, 1.54) is 29.0 Å². The SMILES string of the molecule is CC[C@@H](CC(=O)N1C(=O)[C@H](Cc2ccnc(N)c2)[C@H]1C(=O)N(C)c1ccnn1C)c1cc(F)c(F)c(F)c1. The fourth-order valence-electron chi connectivity index (χ4n) is 4.81. The minimum absolute atomic E-state index is 0.0870. The van der Waals surface area contributed by atoms with Gasteiger partial charge in [-0.05, 0) is 54.2 Å². The second-order valence-electron chi connectivity index (χ2n) is 9.26. The van der Waals surface area contributed by atoms with Crippen LogP contribution in [0, 0.1) is 23.4 Å². The Hall–Kier alpha value is -4.22. The summed E-state index contributed by atoms with van der Waals surface area (Å²) in [6, 6.07) is 5.44. The Labute approximate surface area is 217 Å². The first-order chi connectivity index (χ1) is 18.0. The number of imide groups is 1. The lowest BCUT2D eigenvalue weighted by atomic mass is 9.80. The maximum absolute atomic E-state index is 13.8. The summed E-state index contributed by atoms with van der Waals surface area (Å²) in [5.41, 5.74) is 6.52. The number of hydrogen-bond donors (Lipinski definition) is 1. The van der Waals surface area contributed by atoms with Gasteiger partial charge in [0.15, 0.2) is 17.5 Å². The molecule has 2 N–H and O–H groups in total. The van der Waals surface area contributed by atoms with Crippen LogP contribution in [0.25, 0.3) is 0 Å². The molecule has 0 radical (unpaired) electrons. The molecule has 0 bridgehead atoms. The maximum atomic E-state index is 13.8. The lowest BCUT2D eigenvalue weighted by Gasteiger charge is -2.46. The van der Waals surface area contributed by atoms with Gasteiger partial charge in [0.2, 0.25) is 11.8 Å². The standard InChI is InChI=1S/C26H27F3N6O3/c1-4-15(16-11-18(27)23(29)19(28)12-16)13-22(36)35-24(26(38)33(2)21-6-8-32-34(21)3)17(25(35)37)9-14-5-7-31-20(30)10-14/h5-8,10-12,15,17,24H,4,9,13H2,1-3H3,(H2,30,31)/t15-,17+,24-/m0/s1. The van der Waals surface area contributed by atoms with Gasteiger partial charge in [-0.15, -0.1) is 0 Å². The number of amides is 3. The molecule has 4 rings (SSSR count). The number of carbonyl (C=O) groups excluding carboxylic acids is 3. The Balaban J connectivity index is 1.62. The third kappa shape index (κ3) is 4.98. The third-order valence-corrected chi connectivity index (χ3v) is 6.90. The molecule has 0 spiro atoms. The van der Waals surface area contributed by atoms with E-state index in [1.54, 1.807) is 32.2 Å². The van der Waals surface area contributed by atoms with Gasteiger partial charge in [-0.1, -0.05) is 6.92 Å². The number of likely N-dealkylation sites (N-methyl/N-ethyl adjacent to an activating group) is 1. The summed E-state index contributed by atoms with van der Waals surface area (Å²) in [6.07, 6.45) is 3.13. The van der Waals surface area contributed by atoms with Crippen molar-refractivity contribution in [3.63, 3.8) is 0 Å². The number of aryl methyl sites for hydroxylation is 1. The minimum atomic E-state index is -1.60. The zero-order chi connectivity index (χ0) is 27.7. The predicted molar refractivity (Wildman–Crippen MR) is 132 cm³/mol. The predicted octanol–water partition coefficient (Wildman–Crippen LogP) is 2.96. The number of β-lactam (4-membered cyclic amide) rings is 1. The molecule has 0 saturated carbocycles. The van der Waals surface area contributed by atoms with Crippen LogP contribution < -0.4 is 10.6 Å². The summed E-state index contributed by atoms with van der Waals surface area (Å²) >= 11 is 0. The number of anilines is 2. The number of nitrogens with zero attached hydrogens (tertiary/aromatic N) is 5. The molecular formula is C26H27F3N6O3. The van der Waals surface area contributed by atoms with Crippen molar-refractivity contribution in [2.24, 2.45) is 13.0 Å². The molecule has 12 heteroatoms. The Kier molecular flexibility index (Phi) is 7.51. The zero-order valence-electron chi connectivity index (χ0n) is 21.1. The molecular weight excluding hydrogens is 501 g/mol. The fourth-order valence-corrected chi connectivity index (χ4v) is 4.81. The van der Waals surface area contributed by atoms with Crippen molar-refractivity contribution in [3.8, 4) is 0 Å². The Bertz CT molecular complexity index is 1370. The summed E-state index contributed by atoms with van der Waals surface area (Å²) in [5, 5.41) is 4.06. The van der Waals surface area contributed by atoms with Crippen LogP contribution in [0.3, 0.4) is 0 Å². The van der Waals surface area contributed by atoms with Gasteiger partial charge in [0, 0.05) is 32.8 Å². The highest BCUT2D eigenvalue weighted by molar-refractivity contribution is 6.12. The van der Waals surface area contributed by atoms with E-state index in [-0.39, 0.29) is 30.6 Å². The third-order valence-electron chi connectivity index (χ3n) is 6.90. The number of likely N-dealkylation sites (tertiary alicyclic amines) is 1. The highest BCUT2D eigenvalue weighted by atomic mass is 19.2. The van der Waals surface area contributed by atoms with Crippen LogP contribution in [-0.2, 0) is 27.9 Å². The number of benzene rings is 1. The molecule has 3 aromatic rings. The molecule has 1 fully saturated rings. The van der Waals surface area contributed by atoms with Crippen LogP contribution in [0.1, 0.15) is 36.8 Å². The number of nitrogen functional groups attached to an aromatic ring is 1. The van der Waals surface area contributed by atoms with E-state index in [9.17, 15) is 27.6 Å². The van der Waals surface area contributed by atoms with Crippen LogP contribution in [0.4, 0.5) is 24.8 Å². The topological polar surface area (TPSA) is 114 Å². The van der Waals surface area contributed by atoms with E-state index < -0.39 is 53.1 Å². The number of pyridine rings is 1. The van der Waals surface area contributed by atoms with Gasteiger partial charge in [0.25, 0.3) is 5.91 Å². The van der Waals surface area contributed by atoms with E-state index in [4.69, 9.17) is 5.73 Å². The van der Waals surface area contributed by atoms with Crippen LogP contribution in [0.5, 0.6) is 0 Å². The van der Waals surface area contributed by atoms with E-state index in [0.29, 0.717) is 11.4 Å². The molecule has 1 saturated heterocycles. The molecule has 0 aliphatic carbocycles. The van der Waals surface area contributed by atoms with Crippen molar-refractivity contribution in [1.82, 2.24) is 19.7 Å². The summed E-state index contributed by atoms with van der Waals surface area (Å²) in [5.74, 6) is -6.89. The average molecular weight is 529 g/mol. The van der Waals surface area contributed by atoms with Crippen molar-refractivity contribution in [2.75, 3.05) is 17.7 Å². The normalized spacial score (nSPS) is 17.7. The van der Waals surface area contributed by atoms with Crippen molar-refractivity contribution in [1.29, 1.82) is 0 Å². The number of hydrogen-bond acceptors (Lipinski definition) is 6.